The zero-order valence-corrected chi connectivity index (χ0v) is 15.1. The Morgan fingerprint density at radius 1 is 1.28 bits per heavy atom. The fourth-order valence-electron chi connectivity index (χ4n) is 3.47. The number of nitrogens with zero attached hydrogens (tertiary/aromatic N) is 1. The Hall–Kier alpha value is -2.21. The Balaban J connectivity index is 1.73. The van der Waals surface area contributed by atoms with Gasteiger partial charge in [0.05, 0.1) is 12.7 Å². The highest BCUT2D eigenvalue weighted by atomic mass is 32.1. The highest BCUT2D eigenvalue weighted by Gasteiger charge is 2.31. The van der Waals surface area contributed by atoms with E-state index in [-0.39, 0.29) is 17.8 Å². The van der Waals surface area contributed by atoms with Crippen LogP contribution in [0.5, 0.6) is 0 Å². The quantitative estimate of drug-likeness (QED) is 0.795. The van der Waals surface area contributed by atoms with Gasteiger partial charge < -0.3 is 10.1 Å². The van der Waals surface area contributed by atoms with Crippen LogP contribution in [0.4, 0.5) is 5.13 Å². The SMILES string of the molecule is COC(=O)c1ccc(CC(C(=O)Nc2nccs2)C2CCCC2)cc1. The Labute approximate surface area is 151 Å². The molecule has 1 unspecified atom stereocenters. The van der Waals surface area contributed by atoms with Gasteiger partial charge in [0, 0.05) is 17.5 Å². The normalized spacial score (nSPS) is 15.7. The van der Waals surface area contributed by atoms with E-state index in [9.17, 15) is 9.59 Å². The highest BCUT2D eigenvalue weighted by molar-refractivity contribution is 7.13. The topological polar surface area (TPSA) is 68.3 Å². The van der Waals surface area contributed by atoms with Crippen molar-refractivity contribution < 1.29 is 14.3 Å². The number of esters is 1. The second kappa shape index (κ2) is 8.25. The molecule has 0 radical (unpaired) electrons. The molecule has 6 heteroatoms. The van der Waals surface area contributed by atoms with Crippen molar-refractivity contribution in [3.8, 4) is 0 Å². The summed E-state index contributed by atoms with van der Waals surface area (Å²) in [4.78, 5) is 28.5. The zero-order chi connectivity index (χ0) is 17.6. The molecule has 25 heavy (non-hydrogen) atoms. The number of carbonyl (C=O) groups is 2. The van der Waals surface area contributed by atoms with Crippen molar-refractivity contribution >= 4 is 28.3 Å². The molecule has 1 aliphatic rings. The Kier molecular flexibility index (Phi) is 5.81. The summed E-state index contributed by atoms with van der Waals surface area (Å²) in [6.45, 7) is 0. The van der Waals surface area contributed by atoms with Crippen LogP contribution in [0.15, 0.2) is 35.8 Å². The molecule has 1 amide bonds. The van der Waals surface area contributed by atoms with E-state index < -0.39 is 0 Å². The lowest BCUT2D eigenvalue weighted by molar-refractivity contribution is -0.121. The van der Waals surface area contributed by atoms with E-state index in [1.165, 1.54) is 31.3 Å². The van der Waals surface area contributed by atoms with Crippen LogP contribution < -0.4 is 5.32 Å². The maximum absolute atomic E-state index is 12.8. The molecule has 132 valence electrons. The number of thiazole rings is 1. The van der Waals surface area contributed by atoms with Gasteiger partial charge in [-0.05, 0) is 42.9 Å². The van der Waals surface area contributed by atoms with E-state index in [4.69, 9.17) is 4.74 Å². The summed E-state index contributed by atoms with van der Waals surface area (Å²) in [6.07, 6.45) is 6.92. The van der Waals surface area contributed by atoms with Gasteiger partial charge in [0.2, 0.25) is 5.91 Å². The number of anilines is 1. The smallest absolute Gasteiger partial charge is 0.337 e. The standard InChI is InChI=1S/C19H22N2O3S/c1-24-18(23)15-8-6-13(7-9-15)12-16(14-4-2-3-5-14)17(22)21-19-20-10-11-25-19/h6-11,14,16H,2-5,12H2,1H3,(H,20,21,22). The van der Waals surface area contributed by atoms with Crippen LogP contribution in [0.3, 0.4) is 0 Å². The average molecular weight is 358 g/mol. The lowest BCUT2D eigenvalue weighted by Gasteiger charge is -2.22. The fraction of sp³-hybridized carbons (Fsp3) is 0.421. The van der Waals surface area contributed by atoms with E-state index in [1.54, 1.807) is 18.3 Å². The summed E-state index contributed by atoms with van der Waals surface area (Å²) in [6, 6.07) is 7.33. The monoisotopic (exact) mass is 358 g/mol. The van der Waals surface area contributed by atoms with Crippen LogP contribution in [0, 0.1) is 11.8 Å². The van der Waals surface area contributed by atoms with Crippen molar-refractivity contribution in [1.82, 2.24) is 4.98 Å². The molecule has 1 heterocycles. The maximum atomic E-state index is 12.8. The first kappa shape index (κ1) is 17.6. The molecule has 5 nitrogen and oxygen atoms in total. The van der Waals surface area contributed by atoms with Gasteiger partial charge in [0.15, 0.2) is 5.13 Å². The van der Waals surface area contributed by atoms with Gasteiger partial charge in [-0.15, -0.1) is 11.3 Å². The highest BCUT2D eigenvalue weighted by Crippen LogP contribution is 2.34. The molecule has 1 saturated carbocycles. The largest absolute Gasteiger partial charge is 0.465 e. The van der Waals surface area contributed by atoms with Gasteiger partial charge in [-0.1, -0.05) is 25.0 Å². The van der Waals surface area contributed by atoms with Crippen molar-refractivity contribution in [2.24, 2.45) is 11.8 Å². The lowest BCUT2D eigenvalue weighted by atomic mass is 9.85. The number of methoxy groups -OCH3 is 1. The molecule has 3 rings (SSSR count). The number of nitrogens with one attached hydrogen (secondary N) is 1. The van der Waals surface area contributed by atoms with Crippen molar-refractivity contribution in [3.63, 3.8) is 0 Å². The maximum Gasteiger partial charge on any atom is 0.337 e. The molecule has 1 aromatic heterocycles. The molecule has 1 aromatic carbocycles. The first-order chi connectivity index (χ1) is 12.2. The number of carbonyl (C=O) groups excluding carboxylic acids is 2. The fourth-order valence-corrected chi connectivity index (χ4v) is 4.00. The van der Waals surface area contributed by atoms with Crippen LogP contribution in [-0.2, 0) is 16.0 Å². The van der Waals surface area contributed by atoms with Crippen molar-refractivity contribution in [3.05, 3.63) is 47.0 Å². The Bertz CT molecular complexity index is 707. The number of benzene rings is 1. The molecule has 0 aliphatic heterocycles. The van der Waals surface area contributed by atoms with E-state index in [1.807, 2.05) is 17.5 Å². The van der Waals surface area contributed by atoms with Crippen molar-refractivity contribution in [2.75, 3.05) is 12.4 Å². The van der Waals surface area contributed by atoms with Crippen LogP contribution in [0.2, 0.25) is 0 Å². The Morgan fingerprint density at radius 2 is 2.00 bits per heavy atom. The molecule has 0 spiro atoms. The van der Waals surface area contributed by atoms with Crippen LogP contribution >= 0.6 is 11.3 Å². The number of hydrogen-bond donors (Lipinski definition) is 1. The summed E-state index contributed by atoms with van der Waals surface area (Å²) in [5.74, 6) is 0.0231. The predicted octanol–water partition coefficient (Wildman–Crippen LogP) is 3.92. The van der Waals surface area contributed by atoms with Gasteiger partial charge in [-0.25, -0.2) is 9.78 Å². The summed E-state index contributed by atoms with van der Waals surface area (Å²) >= 11 is 1.43. The molecule has 1 fully saturated rings. The van der Waals surface area contributed by atoms with Gasteiger partial charge in [-0.3, -0.25) is 4.79 Å². The number of ether oxygens (including phenoxy) is 1. The van der Waals surface area contributed by atoms with E-state index in [2.05, 4.69) is 10.3 Å². The lowest BCUT2D eigenvalue weighted by Crippen LogP contribution is -2.30. The van der Waals surface area contributed by atoms with E-state index in [0.717, 1.165) is 18.4 Å². The van der Waals surface area contributed by atoms with Gasteiger partial charge in [0.1, 0.15) is 0 Å². The minimum atomic E-state index is -0.347. The molecule has 1 N–H and O–H groups in total. The molecular weight excluding hydrogens is 336 g/mol. The third-order valence-corrected chi connectivity index (χ3v) is 5.49. The predicted molar refractivity (Wildman–Crippen MR) is 97.7 cm³/mol. The summed E-state index contributed by atoms with van der Waals surface area (Å²) in [7, 11) is 1.37. The minimum absolute atomic E-state index is 0.0406. The number of aromatic nitrogens is 1. The molecule has 0 saturated heterocycles. The van der Waals surface area contributed by atoms with Crippen LogP contribution in [-0.4, -0.2) is 24.0 Å². The van der Waals surface area contributed by atoms with Crippen molar-refractivity contribution in [1.29, 1.82) is 0 Å². The summed E-state index contributed by atoms with van der Waals surface area (Å²) in [5, 5.41) is 5.45. The zero-order valence-electron chi connectivity index (χ0n) is 14.2. The molecule has 2 aromatic rings. The average Bonchev–Trinajstić information content (AvgIpc) is 3.33. The van der Waals surface area contributed by atoms with Gasteiger partial charge in [-0.2, -0.15) is 0 Å². The Morgan fingerprint density at radius 3 is 2.60 bits per heavy atom. The summed E-state index contributed by atoms with van der Waals surface area (Å²) in [5.41, 5.74) is 1.58. The van der Waals surface area contributed by atoms with Crippen LogP contribution in [0.1, 0.15) is 41.6 Å². The third-order valence-electron chi connectivity index (χ3n) is 4.80. The number of hydrogen-bond acceptors (Lipinski definition) is 5. The first-order valence-electron chi connectivity index (χ1n) is 8.55. The summed E-state index contributed by atoms with van der Waals surface area (Å²) < 4.78 is 4.73. The second-order valence-corrected chi connectivity index (χ2v) is 7.26. The van der Waals surface area contributed by atoms with E-state index in [0.29, 0.717) is 23.0 Å². The molecule has 1 aliphatic carbocycles. The second-order valence-electron chi connectivity index (χ2n) is 6.37. The number of rotatable bonds is 6. The molecule has 1 atom stereocenters. The van der Waals surface area contributed by atoms with Crippen LogP contribution in [0.25, 0.3) is 0 Å². The molecule has 0 bridgehead atoms. The third kappa shape index (κ3) is 4.45. The van der Waals surface area contributed by atoms with E-state index >= 15 is 0 Å². The van der Waals surface area contributed by atoms with Gasteiger partial charge in [0.25, 0.3) is 0 Å². The van der Waals surface area contributed by atoms with Gasteiger partial charge >= 0.3 is 5.97 Å². The van der Waals surface area contributed by atoms with Crippen molar-refractivity contribution in [2.45, 2.75) is 32.1 Å². The first-order valence-corrected chi connectivity index (χ1v) is 9.43. The molecular formula is C19H22N2O3S. The minimum Gasteiger partial charge on any atom is -0.465 e. The number of amides is 1.